The molecule has 0 fully saturated rings. The molecule has 2 aromatic rings. The normalized spacial score (nSPS) is 18.1. The molecule has 0 saturated heterocycles. The van der Waals surface area contributed by atoms with Gasteiger partial charge in [0, 0.05) is 12.7 Å². The van der Waals surface area contributed by atoms with Crippen molar-refractivity contribution in [2.75, 3.05) is 18.6 Å². The Kier molecular flexibility index (Phi) is 4.85. The van der Waals surface area contributed by atoms with Crippen LogP contribution in [0, 0.1) is 0 Å². The molecule has 7 nitrogen and oxygen atoms in total. The van der Waals surface area contributed by atoms with Gasteiger partial charge in [-0.2, -0.15) is 10.1 Å². The van der Waals surface area contributed by atoms with Crippen LogP contribution in [-0.4, -0.2) is 45.5 Å². The maximum absolute atomic E-state index is 12.9. The molecule has 0 aliphatic carbocycles. The summed E-state index contributed by atoms with van der Waals surface area (Å²) in [4.78, 5) is 19.0. The van der Waals surface area contributed by atoms with Gasteiger partial charge in [0.2, 0.25) is 5.95 Å². The highest BCUT2D eigenvalue weighted by molar-refractivity contribution is 5.96. The van der Waals surface area contributed by atoms with Gasteiger partial charge in [-0.25, -0.2) is 4.68 Å². The molecule has 1 aromatic carbocycles. The lowest BCUT2D eigenvalue weighted by Crippen LogP contribution is -2.43. The minimum atomic E-state index is -0.343. The number of hydrogen-bond donors (Lipinski definition) is 2. The lowest BCUT2D eigenvalue weighted by atomic mass is 10.0. The smallest absolute Gasteiger partial charge is 0.251 e. The number of carbonyl (C=O) groups is 1. The van der Waals surface area contributed by atoms with Crippen molar-refractivity contribution in [3.8, 4) is 0 Å². The summed E-state index contributed by atoms with van der Waals surface area (Å²) in [6.07, 6.45) is 2.07. The number of aliphatic hydroxyl groups is 1. The second-order valence-corrected chi connectivity index (χ2v) is 6.28. The van der Waals surface area contributed by atoms with E-state index >= 15 is 0 Å². The average Bonchev–Trinajstić information content (AvgIpc) is 3.10. The average molecular weight is 341 g/mol. The van der Waals surface area contributed by atoms with E-state index in [1.165, 1.54) is 6.33 Å². The van der Waals surface area contributed by atoms with E-state index in [1.807, 2.05) is 56.1 Å². The number of fused-ring (bicyclic) bond motifs is 1. The van der Waals surface area contributed by atoms with Crippen LogP contribution in [0.25, 0.3) is 0 Å². The van der Waals surface area contributed by atoms with Crippen molar-refractivity contribution in [2.45, 2.75) is 32.4 Å². The van der Waals surface area contributed by atoms with Crippen LogP contribution in [0.4, 0.5) is 5.95 Å². The molecule has 0 bridgehead atoms. The summed E-state index contributed by atoms with van der Waals surface area (Å²) >= 11 is 0. The van der Waals surface area contributed by atoms with E-state index in [-0.39, 0.29) is 24.6 Å². The molecule has 0 radical (unpaired) electrons. The minimum Gasteiger partial charge on any atom is -0.394 e. The highest BCUT2D eigenvalue weighted by Crippen LogP contribution is 2.32. The number of carbonyl (C=O) groups excluding carboxylic acids is 1. The molecule has 7 heteroatoms. The Bertz CT molecular complexity index is 784. The summed E-state index contributed by atoms with van der Waals surface area (Å²) in [5.41, 5.74) is 2.54. The van der Waals surface area contributed by atoms with Gasteiger partial charge in [-0.15, -0.1) is 0 Å². The second-order valence-electron chi connectivity index (χ2n) is 6.28. The predicted octanol–water partition coefficient (Wildman–Crippen LogP) is 1.28. The number of benzene rings is 1. The third kappa shape index (κ3) is 3.28. The SMILES string of the molecule is CC1=C(C(=O)N[C@H](CO)Cc2ccccc2)[C@H](C)n2ncnc2N1C. The van der Waals surface area contributed by atoms with Crippen molar-refractivity contribution in [1.82, 2.24) is 20.1 Å². The van der Waals surface area contributed by atoms with Crippen LogP contribution >= 0.6 is 0 Å². The molecule has 2 atom stereocenters. The topological polar surface area (TPSA) is 83.3 Å². The monoisotopic (exact) mass is 341 g/mol. The Morgan fingerprint density at radius 3 is 2.76 bits per heavy atom. The summed E-state index contributed by atoms with van der Waals surface area (Å²) in [6.45, 7) is 3.70. The third-order valence-corrected chi connectivity index (χ3v) is 4.66. The van der Waals surface area contributed by atoms with Gasteiger partial charge in [-0.05, 0) is 25.8 Å². The van der Waals surface area contributed by atoms with E-state index in [4.69, 9.17) is 0 Å². The number of rotatable bonds is 5. The summed E-state index contributed by atoms with van der Waals surface area (Å²) in [5, 5.41) is 16.9. The molecule has 2 N–H and O–H groups in total. The molecule has 132 valence electrons. The predicted molar refractivity (Wildman–Crippen MR) is 95.0 cm³/mol. The van der Waals surface area contributed by atoms with E-state index in [0.717, 1.165) is 11.3 Å². The molecule has 1 aliphatic rings. The lowest BCUT2D eigenvalue weighted by Gasteiger charge is -2.32. The van der Waals surface area contributed by atoms with Crippen LogP contribution in [0.2, 0.25) is 0 Å². The van der Waals surface area contributed by atoms with Crippen LogP contribution in [0.1, 0.15) is 25.5 Å². The lowest BCUT2D eigenvalue weighted by molar-refractivity contribution is -0.119. The van der Waals surface area contributed by atoms with Gasteiger partial charge in [0.05, 0.1) is 24.3 Å². The highest BCUT2D eigenvalue weighted by Gasteiger charge is 2.32. The standard InChI is InChI=1S/C18H23N5O2/c1-12-16(13(2)23-18(22(12)3)19-11-20-23)17(25)21-15(10-24)9-14-7-5-4-6-8-14/h4-8,11,13,15,24H,9-10H2,1-3H3,(H,21,25)/t13-,15-/m0/s1. The quantitative estimate of drug-likeness (QED) is 0.856. The highest BCUT2D eigenvalue weighted by atomic mass is 16.3. The molecular formula is C18H23N5O2. The summed E-state index contributed by atoms with van der Waals surface area (Å²) < 4.78 is 1.73. The number of anilines is 1. The van der Waals surface area contributed by atoms with E-state index in [0.29, 0.717) is 17.9 Å². The number of amides is 1. The zero-order valence-corrected chi connectivity index (χ0v) is 14.7. The minimum absolute atomic E-state index is 0.119. The maximum atomic E-state index is 12.9. The van der Waals surface area contributed by atoms with Gasteiger partial charge in [-0.3, -0.25) is 4.79 Å². The molecule has 0 saturated carbocycles. The first kappa shape index (κ1) is 17.2. The molecule has 1 aromatic heterocycles. The number of aliphatic hydroxyl groups excluding tert-OH is 1. The Hall–Kier alpha value is -2.67. The van der Waals surface area contributed by atoms with Crippen LogP contribution in [-0.2, 0) is 11.2 Å². The molecule has 1 amide bonds. The summed E-state index contributed by atoms with van der Waals surface area (Å²) in [5.74, 6) is 0.525. The second kappa shape index (κ2) is 7.06. The molecule has 3 rings (SSSR count). The Labute approximate surface area is 147 Å². The number of aromatic nitrogens is 3. The van der Waals surface area contributed by atoms with Crippen molar-refractivity contribution in [1.29, 1.82) is 0 Å². The Morgan fingerprint density at radius 2 is 2.08 bits per heavy atom. The fourth-order valence-electron chi connectivity index (χ4n) is 3.19. The molecule has 25 heavy (non-hydrogen) atoms. The Morgan fingerprint density at radius 1 is 1.36 bits per heavy atom. The van der Waals surface area contributed by atoms with Gasteiger partial charge in [0.15, 0.2) is 0 Å². The molecule has 0 unspecified atom stereocenters. The third-order valence-electron chi connectivity index (χ3n) is 4.66. The fourth-order valence-corrected chi connectivity index (χ4v) is 3.19. The fraction of sp³-hybridized carbons (Fsp3) is 0.389. The molecule has 2 heterocycles. The van der Waals surface area contributed by atoms with Gasteiger partial charge in [-0.1, -0.05) is 30.3 Å². The largest absolute Gasteiger partial charge is 0.394 e. The van der Waals surface area contributed by atoms with Gasteiger partial charge in [0.1, 0.15) is 6.33 Å². The van der Waals surface area contributed by atoms with Gasteiger partial charge >= 0.3 is 0 Å². The molecule has 0 spiro atoms. The number of allylic oxidation sites excluding steroid dienone is 1. The van der Waals surface area contributed by atoms with E-state index < -0.39 is 0 Å². The molecular weight excluding hydrogens is 318 g/mol. The van der Waals surface area contributed by atoms with Gasteiger partial charge in [0.25, 0.3) is 5.91 Å². The van der Waals surface area contributed by atoms with Crippen LogP contribution in [0.5, 0.6) is 0 Å². The van der Waals surface area contributed by atoms with Crippen molar-refractivity contribution in [2.24, 2.45) is 0 Å². The zero-order valence-electron chi connectivity index (χ0n) is 14.7. The van der Waals surface area contributed by atoms with E-state index in [1.54, 1.807) is 4.68 Å². The maximum Gasteiger partial charge on any atom is 0.251 e. The first-order chi connectivity index (χ1) is 12.0. The van der Waals surface area contributed by atoms with Gasteiger partial charge < -0.3 is 15.3 Å². The summed E-state index contributed by atoms with van der Waals surface area (Å²) in [6, 6.07) is 9.25. The summed E-state index contributed by atoms with van der Waals surface area (Å²) in [7, 11) is 1.86. The first-order valence-corrected chi connectivity index (χ1v) is 8.32. The van der Waals surface area contributed by atoms with E-state index in [9.17, 15) is 9.90 Å². The first-order valence-electron chi connectivity index (χ1n) is 8.32. The van der Waals surface area contributed by atoms with Crippen molar-refractivity contribution >= 4 is 11.9 Å². The Balaban J connectivity index is 1.78. The number of hydrogen-bond acceptors (Lipinski definition) is 5. The van der Waals surface area contributed by atoms with E-state index in [2.05, 4.69) is 15.4 Å². The number of nitrogens with zero attached hydrogens (tertiary/aromatic N) is 4. The van der Waals surface area contributed by atoms with Crippen molar-refractivity contribution in [3.05, 3.63) is 53.5 Å². The van der Waals surface area contributed by atoms with Crippen LogP contribution in [0.3, 0.4) is 0 Å². The molecule has 1 aliphatic heterocycles. The number of nitrogens with one attached hydrogen (secondary N) is 1. The van der Waals surface area contributed by atoms with Crippen molar-refractivity contribution < 1.29 is 9.90 Å². The van der Waals surface area contributed by atoms with Crippen LogP contribution < -0.4 is 10.2 Å². The van der Waals surface area contributed by atoms with Crippen molar-refractivity contribution in [3.63, 3.8) is 0 Å². The van der Waals surface area contributed by atoms with Crippen LogP contribution in [0.15, 0.2) is 47.9 Å². The zero-order chi connectivity index (χ0) is 18.0.